The second-order valence-corrected chi connectivity index (χ2v) is 26.4. The average Bonchev–Trinajstić information content (AvgIpc) is 3.25. The van der Waals surface area contributed by atoms with Crippen LogP contribution in [0.25, 0.3) is 0 Å². The molecular formula is C64H115N11O13. The Morgan fingerprint density at radius 2 is 0.909 bits per heavy atom. The van der Waals surface area contributed by atoms with Crippen LogP contribution < -0.4 is 21.3 Å². The van der Waals surface area contributed by atoms with Gasteiger partial charge in [-0.1, -0.05) is 102 Å². The molecule has 0 aromatic carbocycles. The third kappa shape index (κ3) is 21.5. The first kappa shape index (κ1) is 79.8. The largest absolute Gasteiger partial charge is 0.390 e. The SMILES string of the molecule is C/C=C/C[C@@H](C)[C@@H](O)[C@H]1C(=O)N[C@@H](CC)C(=O)N(C)[C@H](C)C(=O)N(C)[C@@H]([C@H](C)COCC)C(=O)NC(C(C)C)C(=O)N(C)[C@@H](CC(C)C)C(=O)N[C@@H](C)C(=O)N[C@H](C)C(=O)N(C)[C@@H](CC(C)C)C(=O)N(C)[C@@H](CC(C)C)C(=O)N(C)C(C(C)C)C(=O)N1C. The number of rotatable bonds is 17. The molecule has 1 aliphatic rings. The van der Waals surface area contributed by atoms with Gasteiger partial charge < -0.3 is 65.4 Å². The predicted molar refractivity (Wildman–Crippen MR) is 339 cm³/mol. The van der Waals surface area contributed by atoms with Crippen molar-refractivity contribution in [1.82, 2.24) is 55.6 Å². The molecule has 0 spiro atoms. The van der Waals surface area contributed by atoms with Crippen molar-refractivity contribution in [2.45, 2.75) is 229 Å². The quantitative estimate of drug-likeness (QED) is 0.131. The Morgan fingerprint density at radius 3 is 1.38 bits per heavy atom. The number of hydrogen-bond acceptors (Lipinski definition) is 13. The molecule has 1 heterocycles. The summed E-state index contributed by atoms with van der Waals surface area (Å²) in [6.07, 6.45) is 2.80. The Kier molecular flexibility index (Phi) is 33.1. The zero-order valence-electron chi connectivity index (χ0n) is 58.1. The number of allylic oxidation sites excluding steroid dienone is 2. The molecule has 0 radical (unpaired) electrons. The van der Waals surface area contributed by atoms with E-state index in [4.69, 9.17) is 4.74 Å². The van der Waals surface area contributed by atoms with Crippen LogP contribution in [-0.2, 0) is 57.5 Å². The molecule has 24 heteroatoms. The summed E-state index contributed by atoms with van der Waals surface area (Å²) in [5.41, 5.74) is 0. The molecule has 1 fully saturated rings. The fraction of sp³-hybridized carbons (Fsp3) is 0.797. The van der Waals surface area contributed by atoms with Crippen LogP contribution in [0, 0.1) is 41.4 Å². The van der Waals surface area contributed by atoms with Gasteiger partial charge in [-0.3, -0.25) is 52.7 Å². The highest BCUT2D eigenvalue weighted by atomic mass is 16.5. The third-order valence-corrected chi connectivity index (χ3v) is 16.9. The normalized spacial score (nSPS) is 27.6. The van der Waals surface area contributed by atoms with Gasteiger partial charge in [-0.15, -0.1) is 0 Å². The van der Waals surface area contributed by atoms with Gasteiger partial charge in [-0.2, -0.15) is 0 Å². The van der Waals surface area contributed by atoms with Crippen LogP contribution in [0.1, 0.15) is 157 Å². The minimum atomic E-state index is -1.63. The summed E-state index contributed by atoms with van der Waals surface area (Å²) in [6, 6.07) is -13.9. The molecule has 88 heavy (non-hydrogen) atoms. The van der Waals surface area contributed by atoms with Crippen molar-refractivity contribution in [3.63, 3.8) is 0 Å². The maximum absolute atomic E-state index is 15.2. The first-order valence-electron chi connectivity index (χ1n) is 31.6. The lowest BCUT2D eigenvalue weighted by molar-refractivity contribution is -0.157. The second kappa shape index (κ2) is 36.5. The molecule has 0 saturated carbocycles. The Balaban J connectivity index is 4.42. The molecule has 0 bridgehead atoms. The fourth-order valence-electron chi connectivity index (χ4n) is 11.2. The lowest BCUT2D eigenvalue weighted by Gasteiger charge is -2.41. The zero-order valence-corrected chi connectivity index (χ0v) is 58.1. The Hall–Kier alpha value is -6.17. The summed E-state index contributed by atoms with van der Waals surface area (Å²) < 4.78 is 5.75. The molecule has 11 amide bonds. The molecule has 1 rings (SSSR count). The van der Waals surface area contributed by atoms with Crippen molar-refractivity contribution in [2.75, 3.05) is 62.5 Å². The molecule has 0 aromatic heterocycles. The van der Waals surface area contributed by atoms with Crippen molar-refractivity contribution in [2.24, 2.45) is 41.4 Å². The minimum absolute atomic E-state index is 0.000183. The first-order chi connectivity index (χ1) is 40.7. The van der Waals surface area contributed by atoms with Gasteiger partial charge in [0.2, 0.25) is 65.0 Å². The first-order valence-corrected chi connectivity index (χ1v) is 31.6. The van der Waals surface area contributed by atoms with Crippen LogP contribution >= 0.6 is 0 Å². The number of aliphatic hydroxyl groups excluding tert-OH is 1. The zero-order chi connectivity index (χ0) is 68.3. The van der Waals surface area contributed by atoms with Crippen LogP contribution in [0.2, 0.25) is 0 Å². The van der Waals surface area contributed by atoms with E-state index in [0.29, 0.717) is 6.42 Å². The maximum atomic E-state index is 15.2. The molecular weight excluding hydrogens is 1130 g/mol. The minimum Gasteiger partial charge on any atom is -0.390 e. The van der Waals surface area contributed by atoms with E-state index >= 15 is 9.59 Å². The number of nitrogens with one attached hydrogen (secondary N) is 4. The van der Waals surface area contributed by atoms with E-state index in [1.54, 1.807) is 74.5 Å². The van der Waals surface area contributed by atoms with Crippen LogP contribution in [-0.4, -0.2) is 239 Å². The summed E-state index contributed by atoms with van der Waals surface area (Å²) in [4.78, 5) is 170. The van der Waals surface area contributed by atoms with E-state index in [2.05, 4.69) is 21.3 Å². The fourth-order valence-corrected chi connectivity index (χ4v) is 11.2. The van der Waals surface area contributed by atoms with Gasteiger partial charge in [0.25, 0.3) is 0 Å². The monoisotopic (exact) mass is 1250 g/mol. The number of ether oxygens (including phenoxy) is 1. The highest BCUT2D eigenvalue weighted by molar-refractivity contribution is 6.00. The molecule has 1 saturated heterocycles. The van der Waals surface area contributed by atoms with Gasteiger partial charge in [0.1, 0.15) is 66.5 Å². The van der Waals surface area contributed by atoms with E-state index in [1.165, 1.54) is 94.6 Å². The average molecular weight is 1250 g/mol. The van der Waals surface area contributed by atoms with E-state index in [1.807, 2.05) is 41.5 Å². The highest BCUT2D eigenvalue weighted by Gasteiger charge is 2.46. The second-order valence-electron chi connectivity index (χ2n) is 26.4. The molecule has 24 nitrogen and oxygen atoms in total. The number of hydrogen-bond donors (Lipinski definition) is 5. The number of aliphatic hydroxyl groups is 1. The smallest absolute Gasteiger partial charge is 0.246 e. The van der Waals surface area contributed by atoms with Crippen molar-refractivity contribution >= 4 is 65.0 Å². The van der Waals surface area contributed by atoms with Crippen LogP contribution in [0.4, 0.5) is 0 Å². The molecule has 1 aliphatic heterocycles. The number of nitrogens with zero attached hydrogens (tertiary/aromatic N) is 7. The molecule has 5 N–H and O–H groups in total. The summed E-state index contributed by atoms with van der Waals surface area (Å²) in [7, 11) is 9.89. The third-order valence-electron chi connectivity index (χ3n) is 16.9. The van der Waals surface area contributed by atoms with Crippen molar-refractivity contribution in [3.8, 4) is 0 Å². The van der Waals surface area contributed by atoms with E-state index < -0.39 is 161 Å². The van der Waals surface area contributed by atoms with E-state index in [-0.39, 0.29) is 56.7 Å². The van der Waals surface area contributed by atoms with Gasteiger partial charge in [0, 0.05) is 61.9 Å². The van der Waals surface area contributed by atoms with Crippen LogP contribution in [0.5, 0.6) is 0 Å². The summed E-state index contributed by atoms with van der Waals surface area (Å²) >= 11 is 0. The van der Waals surface area contributed by atoms with Crippen LogP contribution in [0.15, 0.2) is 12.2 Å². The molecule has 0 aliphatic carbocycles. The van der Waals surface area contributed by atoms with Gasteiger partial charge in [-0.25, -0.2) is 0 Å². The predicted octanol–water partition coefficient (Wildman–Crippen LogP) is 3.28. The molecule has 504 valence electrons. The summed E-state index contributed by atoms with van der Waals surface area (Å²) in [5.74, 6) is -10.6. The highest BCUT2D eigenvalue weighted by Crippen LogP contribution is 2.26. The Bertz CT molecular complexity index is 2400. The van der Waals surface area contributed by atoms with E-state index in [0.717, 1.165) is 9.80 Å². The number of amides is 11. The lowest BCUT2D eigenvalue weighted by Crippen LogP contribution is -2.64. The van der Waals surface area contributed by atoms with Gasteiger partial charge in [0.05, 0.1) is 12.7 Å². The topological polar surface area (TPSA) is 288 Å². The summed E-state index contributed by atoms with van der Waals surface area (Å²) in [6.45, 7) is 31.3. The Morgan fingerprint density at radius 1 is 0.466 bits per heavy atom. The number of carbonyl (C=O) groups excluding carboxylic acids is 11. The molecule has 2 unspecified atom stereocenters. The maximum Gasteiger partial charge on any atom is 0.246 e. The van der Waals surface area contributed by atoms with Gasteiger partial charge >= 0.3 is 0 Å². The van der Waals surface area contributed by atoms with Crippen molar-refractivity contribution in [3.05, 3.63) is 12.2 Å². The summed E-state index contributed by atoms with van der Waals surface area (Å²) in [5, 5.41) is 23.2. The lowest BCUT2D eigenvalue weighted by atomic mass is 9.91. The van der Waals surface area contributed by atoms with Gasteiger partial charge in [-0.05, 0) is 102 Å². The number of carbonyl (C=O) groups is 11. The van der Waals surface area contributed by atoms with Crippen molar-refractivity contribution < 1.29 is 62.6 Å². The Labute approximate surface area is 526 Å². The van der Waals surface area contributed by atoms with Crippen molar-refractivity contribution in [1.29, 1.82) is 0 Å². The number of likely N-dealkylation sites (N-methyl/N-ethyl adjacent to an activating group) is 7. The van der Waals surface area contributed by atoms with Crippen LogP contribution in [0.3, 0.4) is 0 Å². The molecule has 14 atom stereocenters. The standard InChI is InChI=1S/C64H115N11O13/c1-26-29-30-40(14)53(76)52-57(80)67-45(27-2)60(83)69(19)44(18)59(82)74(24)51(41(15)34-88-28-3)56(79)68-49(38(10)11)63(86)70(20)46(31-35(4)5)55(78)65-42(16)54(77)66-43(17)58(81)71(21)47(32-36(6)7)61(84)72(22)48(33-37(8)9)62(85)73(23)50(39(12)13)64(87)75(52)25/h26,29,35-53,76H,27-28,30-34H2,1-25H3,(H,65,78)(H,66,77)(H,67,80)(H,68,79)/b29-26+/t40-,41-,42+,43-,44-,45+,46+,47+,48+,49?,50?,51+,52+,53-/m1/s1. The van der Waals surface area contributed by atoms with Gasteiger partial charge in [0.15, 0.2) is 0 Å². The molecule has 0 aromatic rings. The van der Waals surface area contributed by atoms with E-state index in [9.17, 15) is 48.3 Å².